The summed E-state index contributed by atoms with van der Waals surface area (Å²) in [5.41, 5.74) is 2.52. The molecule has 1 aromatic heterocycles. The number of hydrogen-bond acceptors (Lipinski definition) is 8. The molecule has 4 aromatic rings. The second-order valence-electron chi connectivity index (χ2n) is 10.3. The van der Waals surface area contributed by atoms with Crippen LogP contribution in [0.25, 0.3) is 16.0 Å². The Morgan fingerprint density at radius 3 is 2.76 bits per heavy atom. The van der Waals surface area contributed by atoms with Gasteiger partial charge in [-0.3, -0.25) is 14.5 Å². The first kappa shape index (κ1) is 28.1. The molecule has 0 bridgehead atoms. The van der Waals surface area contributed by atoms with Gasteiger partial charge in [0.15, 0.2) is 16.6 Å². The lowest BCUT2D eigenvalue weighted by atomic mass is 9.94. The quantitative estimate of drug-likeness (QED) is 0.0992. The maximum absolute atomic E-state index is 13.7. The summed E-state index contributed by atoms with van der Waals surface area (Å²) in [7, 11) is 1.54. The number of unbranched alkanes of at least 4 members (excludes halogenated alkanes) is 1. The van der Waals surface area contributed by atoms with Gasteiger partial charge in [0.2, 0.25) is 0 Å². The number of aliphatic hydroxyl groups excluding tert-OH is 1. The number of amides is 1. The lowest BCUT2D eigenvalue weighted by molar-refractivity contribution is -0.132. The van der Waals surface area contributed by atoms with Crippen molar-refractivity contribution < 1.29 is 28.9 Å². The Hall–Kier alpha value is -4.08. The molecule has 0 radical (unpaired) electrons. The molecular formula is C32H29ClN2O6S. The predicted molar refractivity (Wildman–Crippen MR) is 163 cm³/mol. The molecule has 2 atom stereocenters. The first-order valence-electron chi connectivity index (χ1n) is 13.8. The second kappa shape index (κ2) is 11.3. The minimum Gasteiger partial charge on any atom is -0.507 e. The molecule has 6 rings (SSSR count). The van der Waals surface area contributed by atoms with Gasteiger partial charge >= 0.3 is 5.91 Å². The minimum absolute atomic E-state index is 0.0149. The zero-order valence-corrected chi connectivity index (χ0v) is 24.9. The third kappa shape index (κ3) is 4.97. The Morgan fingerprint density at radius 1 is 1.14 bits per heavy atom. The van der Waals surface area contributed by atoms with Crippen LogP contribution in [0.4, 0.5) is 5.13 Å². The van der Waals surface area contributed by atoms with Crippen LogP contribution in [0.1, 0.15) is 49.4 Å². The van der Waals surface area contributed by atoms with Gasteiger partial charge in [-0.1, -0.05) is 42.3 Å². The van der Waals surface area contributed by atoms with E-state index in [-0.39, 0.29) is 17.4 Å². The number of ketones is 1. The van der Waals surface area contributed by atoms with Crippen LogP contribution in [0.2, 0.25) is 5.02 Å². The molecule has 2 unspecified atom stereocenters. The van der Waals surface area contributed by atoms with Gasteiger partial charge in [-0.2, -0.15) is 0 Å². The third-order valence-electron chi connectivity index (χ3n) is 7.42. The fourth-order valence-electron chi connectivity index (χ4n) is 5.36. The Balaban J connectivity index is 1.51. The molecule has 2 aliphatic heterocycles. The van der Waals surface area contributed by atoms with E-state index in [4.69, 9.17) is 25.8 Å². The highest BCUT2D eigenvalue weighted by Crippen LogP contribution is 2.46. The Morgan fingerprint density at radius 2 is 1.98 bits per heavy atom. The highest BCUT2D eigenvalue weighted by molar-refractivity contribution is 7.22. The summed E-state index contributed by atoms with van der Waals surface area (Å²) in [6.07, 6.45) is 2.56. The van der Waals surface area contributed by atoms with Crippen LogP contribution >= 0.6 is 22.9 Å². The summed E-state index contributed by atoms with van der Waals surface area (Å²) in [5, 5.41) is 12.5. The monoisotopic (exact) mass is 604 g/mol. The molecular weight excluding hydrogens is 576 g/mol. The number of carbonyl (C=O) groups excluding carboxylic acids is 2. The number of nitrogens with zero attached hydrogens (tertiary/aromatic N) is 2. The number of hydrogen-bond donors (Lipinski definition) is 1. The van der Waals surface area contributed by atoms with E-state index < -0.39 is 17.7 Å². The highest BCUT2D eigenvalue weighted by atomic mass is 35.5. The number of rotatable bonds is 8. The van der Waals surface area contributed by atoms with Gasteiger partial charge in [0.05, 0.1) is 35.5 Å². The van der Waals surface area contributed by atoms with E-state index in [9.17, 15) is 14.7 Å². The van der Waals surface area contributed by atoms with Crippen LogP contribution in [0.15, 0.2) is 60.2 Å². The summed E-state index contributed by atoms with van der Waals surface area (Å²) in [5.74, 6) is -0.112. The van der Waals surface area contributed by atoms with Crippen LogP contribution in [0.5, 0.6) is 17.2 Å². The normalized spacial score (nSPS) is 19.3. The molecule has 10 heteroatoms. The topological polar surface area (TPSA) is 98.2 Å². The molecule has 216 valence electrons. The van der Waals surface area contributed by atoms with Gasteiger partial charge < -0.3 is 19.3 Å². The zero-order valence-electron chi connectivity index (χ0n) is 23.3. The molecule has 0 saturated carbocycles. The minimum atomic E-state index is -0.969. The lowest BCUT2D eigenvalue weighted by Gasteiger charge is -2.24. The summed E-state index contributed by atoms with van der Waals surface area (Å²) in [6.45, 7) is 4.58. The smallest absolute Gasteiger partial charge is 0.301 e. The van der Waals surface area contributed by atoms with E-state index in [2.05, 4.69) is 11.9 Å². The number of thiazole rings is 1. The van der Waals surface area contributed by atoms with Crippen LogP contribution in [0.3, 0.4) is 0 Å². The van der Waals surface area contributed by atoms with Gasteiger partial charge in [-0.25, -0.2) is 4.98 Å². The molecule has 42 heavy (non-hydrogen) atoms. The SMILES string of the molecule is CCCCOc1ccc(C2/C(=C(/O)c3ccc4c(c3)CC(C)O4)C(=O)C(=O)N2c2nc3ccc(Cl)cc3s2)cc1OC. The van der Waals surface area contributed by atoms with E-state index in [1.807, 2.05) is 13.0 Å². The van der Waals surface area contributed by atoms with Crippen molar-refractivity contribution in [3.63, 3.8) is 0 Å². The summed E-state index contributed by atoms with van der Waals surface area (Å²) >= 11 is 7.45. The molecule has 8 nitrogen and oxygen atoms in total. The van der Waals surface area contributed by atoms with E-state index in [1.165, 1.54) is 23.3 Å². The lowest BCUT2D eigenvalue weighted by Crippen LogP contribution is -2.29. The number of benzene rings is 3. The zero-order chi connectivity index (χ0) is 29.5. The number of methoxy groups -OCH3 is 1. The molecule has 1 fully saturated rings. The van der Waals surface area contributed by atoms with Crippen LogP contribution < -0.4 is 19.1 Å². The van der Waals surface area contributed by atoms with Crippen molar-refractivity contribution in [3.05, 3.63) is 81.9 Å². The highest BCUT2D eigenvalue weighted by Gasteiger charge is 2.48. The first-order chi connectivity index (χ1) is 20.3. The number of halogens is 1. The number of anilines is 1. The van der Waals surface area contributed by atoms with Gasteiger partial charge in [0, 0.05) is 17.0 Å². The van der Waals surface area contributed by atoms with Crippen molar-refractivity contribution in [2.45, 2.75) is 45.3 Å². The summed E-state index contributed by atoms with van der Waals surface area (Å²) < 4.78 is 18.1. The molecule has 0 aliphatic carbocycles. The van der Waals surface area contributed by atoms with Crippen molar-refractivity contribution in [2.75, 3.05) is 18.6 Å². The number of ether oxygens (including phenoxy) is 3. The third-order valence-corrected chi connectivity index (χ3v) is 8.67. The van der Waals surface area contributed by atoms with Gasteiger partial charge in [0.25, 0.3) is 5.78 Å². The molecule has 1 amide bonds. The average molecular weight is 605 g/mol. The Labute approximate surface area is 252 Å². The van der Waals surface area contributed by atoms with Crippen LogP contribution in [0, 0.1) is 0 Å². The second-order valence-corrected chi connectivity index (χ2v) is 11.8. The van der Waals surface area contributed by atoms with Crippen molar-refractivity contribution in [2.24, 2.45) is 0 Å². The van der Waals surface area contributed by atoms with E-state index in [0.29, 0.717) is 51.3 Å². The fourth-order valence-corrected chi connectivity index (χ4v) is 6.63. The summed E-state index contributed by atoms with van der Waals surface area (Å²) in [6, 6.07) is 14.8. The van der Waals surface area contributed by atoms with E-state index in [1.54, 1.807) is 48.5 Å². The van der Waals surface area contributed by atoms with Crippen molar-refractivity contribution in [3.8, 4) is 17.2 Å². The number of fused-ring (bicyclic) bond motifs is 2. The number of aliphatic hydroxyl groups is 1. The Bertz CT molecular complexity index is 1750. The fraction of sp³-hybridized carbons (Fsp3) is 0.281. The summed E-state index contributed by atoms with van der Waals surface area (Å²) in [4.78, 5) is 33.4. The molecule has 2 aliphatic rings. The number of aromatic nitrogens is 1. The number of carbonyl (C=O) groups is 2. The first-order valence-corrected chi connectivity index (χ1v) is 15.0. The van der Waals surface area contributed by atoms with Gasteiger partial charge in [-0.05, 0) is 73.0 Å². The largest absolute Gasteiger partial charge is 0.507 e. The predicted octanol–water partition coefficient (Wildman–Crippen LogP) is 7.09. The van der Waals surface area contributed by atoms with Gasteiger partial charge in [-0.15, -0.1) is 0 Å². The maximum atomic E-state index is 13.7. The maximum Gasteiger partial charge on any atom is 0.301 e. The number of Topliss-reactive ketones (excluding diaryl/α,β-unsaturated/α-hetero) is 1. The van der Waals surface area contributed by atoms with Crippen LogP contribution in [-0.2, 0) is 16.0 Å². The average Bonchev–Trinajstić information content (AvgIpc) is 3.64. The van der Waals surface area contributed by atoms with Crippen molar-refractivity contribution >= 4 is 55.7 Å². The van der Waals surface area contributed by atoms with E-state index >= 15 is 0 Å². The standard InChI is InChI=1S/C32H29ClN2O6S/c1-4-5-12-40-24-11-6-18(15-25(24)39-3)28-27(29(36)19-7-10-23-20(14-19)13-17(2)41-23)30(37)31(38)35(28)32-34-22-9-8-21(33)16-26(22)42-32/h6-11,14-17,28,36H,4-5,12-13H2,1-3H3/b29-27-. The molecule has 1 saturated heterocycles. The van der Waals surface area contributed by atoms with Gasteiger partial charge in [0.1, 0.15) is 17.6 Å². The molecule has 1 N–H and O–H groups in total. The van der Waals surface area contributed by atoms with Crippen molar-refractivity contribution in [1.29, 1.82) is 0 Å². The molecule has 0 spiro atoms. The Kier molecular flexibility index (Phi) is 7.55. The van der Waals surface area contributed by atoms with Crippen molar-refractivity contribution in [1.82, 2.24) is 4.98 Å². The van der Waals surface area contributed by atoms with Crippen LogP contribution in [-0.4, -0.2) is 41.6 Å². The molecule has 3 aromatic carbocycles. The molecule has 3 heterocycles. The van der Waals surface area contributed by atoms with E-state index in [0.717, 1.165) is 28.9 Å².